The van der Waals surface area contributed by atoms with E-state index in [0.29, 0.717) is 12.8 Å². The Morgan fingerprint density at radius 2 is 2.00 bits per heavy atom. The molecular weight excluding hydrogens is 318 g/mol. The Kier molecular flexibility index (Phi) is 4.51. The van der Waals surface area contributed by atoms with E-state index in [2.05, 4.69) is 40.3 Å². The number of ether oxygens (including phenoxy) is 2. The van der Waals surface area contributed by atoms with Crippen LogP contribution in [0.5, 0.6) is 11.5 Å². The van der Waals surface area contributed by atoms with Crippen LogP contribution in [0.1, 0.15) is 44.6 Å². The Hall–Kier alpha value is -0.740. The van der Waals surface area contributed by atoms with Crippen LogP contribution in [0.25, 0.3) is 0 Å². The molecule has 0 radical (unpaired) electrons. The van der Waals surface area contributed by atoms with Crippen molar-refractivity contribution in [2.45, 2.75) is 51.6 Å². The average Bonchev–Trinajstić information content (AvgIpc) is 2.94. The summed E-state index contributed by atoms with van der Waals surface area (Å²) in [5.41, 5.74) is 1.25. The molecule has 0 bridgehead atoms. The van der Waals surface area contributed by atoms with Gasteiger partial charge in [-0.25, -0.2) is 0 Å². The molecule has 0 atom stereocenters. The second-order valence-corrected chi connectivity index (χ2v) is 6.67. The first-order valence-electron chi connectivity index (χ1n) is 7.57. The Balaban J connectivity index is 1.55. The van der Waals surface area contributed by atoms with Gasteiger partial charge in [0.05, 0.1) is 4.47 Å². The van der Waals surface area contributed by atoms with Crippen LogP contribution in [0.3, 0.4) is 0 Å². The molecule has 1 heterocycles. The zero-order chi connectivity index (χ0) is 13.9. The Morgan fingerprint density at radius 1 is 1.20 bits per heavy atom. The lowest BCUT2D eigenvalue weighted by molar-refractivity contribution is 0.173. The molecule has 1 aromatic rings. The molecule has 0 saturated heterocycles. The maximum atomic E-state index is 5.46. The van der Waals surface area contributed by atoms with Gasteiger partial charge in [-0.15, -0.1) is 0 Å². The monoisotopic (exact) mass is 339 g/mol. The molecule has 0 aromatic heterocycles. The first-order chi connectivity index (χ1) is 9.76. The summed E-state index contributed by atoms with van der Waals surface area (Å²) in [6.07, 6.45) is 6.70. The minimum absolute atomic E-state index is 0.325. The maximum Gasteiger partial charge on any atom is 0.231 e. The van der Waals surface area contributed by atoms with Crippen molar-refractivity contribution in [2.24, 2.45) is 5.92 Å². The summed E-state index contributed by atoms with van der Waals surface area (Å²) in [7, 11) is 0. The molecule has 1 aliphatic heterocycles. The van der Waals surface area contributed by atoms with Gasteiger partial charge >= 0.3 is 0 Å². The Labute approximate surface area is 129 Å². The first kappa shape index (κ1) is 14.2. The Morgan fingerprint density at radius 3 is 2.75 bits per heavy atom. The van der Waals surface area contributed by atoms with E-state index in [1.165, 1.54) is 37.7 Å². The number of nitrogens with one attached hydrogen (secondary N) is 1. The molecule has 3 rings (SSSR count). The molecule has 110 valence electrons. The minimum atomic E-state index is 0.325. The molecular formula is C16H22BrNO2. The lowest BCUT2D eigenvalue weighted by Gasteiger charge is -2.28. The highest BCUT2D eigenvalue weighted by Crippen LogP contribution is 2.40. The van der Waals surface area contributed by atoms with Crippen LogP contribution < -0.4 is 14.8 Å². The average molecular weight is 340 g/mol. The minimum Gasteiger partial charge on any atom is -0.454 e. The summed E-state index contributed by atoms with van der Waals surface area (Å²) in [5, 5.41) is 3.68. The fourth-order valence-electron chi connectivity index (χ4n) is 3.16. The number of halogens is 1. The van der Waals surface area contributed by atoms with Gasteiger partial charge in [-0.1, -0.05) is 13.3 Å². The van der Waals surface area contributed by atoms with Crippen LogP contribution in [0.15, 0.2) is 16.6 Å². The fraction of sp³-hybridized carbons (Fsp3) is 0.625. The maximum absolute atomic E-state index is 5.46. The van der Waals surface area contributed by atoms with Crippen molar-refractivity contribution in [1.29, 1.82) is 0 Å². The van der Waals surface area contributed by atoms with Gasteiger partial charge in [0.1, 0.15) is 0 Å². The van der Waals surface area contributed by atoms with E-state index in [9.17, 15) is 0 Å². The second-order valence-electron chi connectivity index (χ2n) is 5.82. The topological polar surface area (TPSA) is 30.5 Å². The zero-order valence-electron chi connectivity index (χ0n) is 12.0. The molecule has 0 spiro atoms. The third kappa shape index (κ3) is 3.12. The van der Waals surface area contributed by atoms with E-state index in [4.69, 9.17) is 9.47 Å². The standard InChI is InChI=1S/C16H22BrNO2/c1-2-11-3-5-13(6-4-11)18-9-12-7-14(17)16-15(8-12)19-10-20-16/h7-8,11,13,18H,2-6,9-10H2,1H3. The Bertz CT molecular complexity index is 470. The molecule has 1 aromatic carbocycles. The second kappa shape index (κ2) is 6.35. The van der Waals surface area contributed by atoms with E-state index in [-0.39, 0.29) is 0 Å². The molecule has 0 unspecified atom stereocenters. The predicted octanol–water partition coefficient (Wildman–Crippen LogP) is 4.24. The number of fused-ring (bicyclic) bond motifs is 1. The molecule has 1 aliphatic carbocycles. The predicted molar refractivity (Wildman–Crippen MR) is 83.1 cm³/mol. The highest BCUT2D eigenvalue weighted by atomic mass is 79.9. The molecule has 4 heteroatoms. The van der Waals surface area contributed by atoms with Gasteiger partial charge in [-0.05, 0) is 65.2 Å². The van der Waals surface area contributed by atoms with E-state index in [1.54, 1.807) is 0 Å². The fourth-order valence-corrected chi connectivity index (χ4v) is 3.76. The molecule has 2 aliphatic rings. The van der Waals surface area contributed by atoms with Crippen molar-refractivity contribution in [3.63, 3.8) is 0 Å². The highest BCUT2D eigenvalue weighted by Gasteiger charge is 2.21. The van der Waals surface area contributed by atoms with Crippen molar-refractivity contribution in [3.05, 3.63) is 22.2 Å². The van der Waals surface area contributed by atoms with E-state index >= 15 is 0 Å². The van der Waals surface area contributed by atoms with Crippen molar-refractivity contribution >= 4 is 15.9 Å². The van der Waals surface area contributed by atoms with Gasteiger partial charge < -0.3 is 14.8 Å². The summed E-state index contributed by atoms with van der Waals surface area (Å²) in [6, 6.07) is 4.87. The summed E-state index contributed by atoms with van der Waals surface area (Å²) in [4.78, 5) is 0. The number of hydrogen-bond donors (Lipinski definition) is 1. The van der Waals surface area contributed by atoms with Gasteiger partial charge in [-0.2, -0.15) is 0 Å². The molecule has 1 fully saturated rings. The summed E-state index contributed by atoms with van der Waals surface area (Å²) >= 11 is 3.55. The van der Waals surface area contributed by atoms with Crippen molar-refractivity contribution in [2.75, 3.05) is 6.79 Å². The number of hydrogen-bond acceptors (Lipinski definition) is 3. The van der Waals surface area contributed by atoms with Crippen molar-refractivity contribution in [3.8, 4) is 11.5 Å². The van der Waals surface area contributed by atoms with Crippen LogP contribution >= 0.6 is 15.9 Å². The molecule has 1 N–H and O–H groups in total. The normalized spacial score (nSPS) is 24.9. The van der Waals surface area contributed by atoms with E-state index < -0.39 is 0 Å². The summed E-state index contributed by atoms with van der Waals surface area (Å²) < 4.78 is 11.9. The van der Waals surface area contributed by atoms with Crippen LogP contribution in [-0.4, -0.2) is 12.8 Å². The van der Waals surface area contributed by atoms with Crippen LogP contribution in [0.2, 0.25) is 0 Å². The van der Waals surface area contributed by atoms with Crippen LogP contribution in [-0.2, 0) is 6.54 Å². The zero-order valence-corrected chi connectivity index (χ0v) is 13.5. The molecule has 3 nitrogen and oxygen atoms in total. The third-order valence-electron chi connectivity index (χ3n) is 4.51. The molecule has 0 amide bonds. The third-order valence-corrected chi connectivity index (χ3v) is 5.10. The molecule has 1 saturated carbocycles. The lowest BCUT2D eigenvalue weighted by Crippen LogP contribution is -2.32. The summed E-state index contributed by atoms with van der Waals surface area (Å²) in [6.45, 7) is 3.53. The lowest BCUT2D eigenvalue weighted by atomic mass is 9.84. The van der Waals surface area contributed by atoms with Gasteiger partial charge in [0.15, 0.2) is 11.5 Å². The quantitative estimate of drug-likeness (QED) is 0.889. The number of benzene rings is 1. The smallest absolute Gasteiger partial charge is 0.231 e. The van der Waals surface area contributed by atoms with Gasteiger partial charge in [0.2, 0.25) is 6.79 Å². The number of rotatable bonds is 4. The van der Waals surface area contributed by atoms with Crippen LogP contribution in [0.4, 0.5) is 0 Å². The molecule has 20 heavy (non-hydrogen) atoms. The van der Waals surface area contributed by atoms with E-state index in [1.807, 2.05) is 0 Å². The van der Waals surface area contributed by atoms with Crippen molar-refractivity contribution < 1.29 is 9.47 Å². The first-order valence-corrected chi connectivity index (χ1v) is 8.37. The SMILES string of the molecule is CCC1CCC(NCc2cc(Br)c3c(c2)OCO3)CC1. The van der Waals surface area contributed by atoms with Crippen molar-refractivity contribution in [1.82, 2.24) is 5.32 Å². The largest absolute Gasteiger partial charge is 0.454 e. The van der Waals surface area contributed by atoms with Gasteiger partial charge in [0.25, 0.3) is 0 Å². The van der Waals surface area contributed by atoms with E-state index in [0.717, 1.165) is 28.4 Å². The van der Waals surface area contributed by atoms with Crippen LogP contribution in [0, 0.1) is 5.92 Å². The van der Waals surface area contributed by atoms with Gasteiger partial charge in [-0.3, -0.25) is 0 Å². The highest BCUT2D eigenvalue weighted by molar-refractivity contribution is 9.10. The van der Waals surface area contributed by atoms with Gasteiger partial charge in [0, 0.05) is 12.6 Å². The summed E-state index contributed by atoms with van der Waals surface area (Å²) in [5.74, 6) is 2.64.